The van der Waals surface area contributed by atoms with Crippen molar-refractivity contribution in [3.8, 4) is 5.75 Å². The molecule has 0 radical (unpaired) electrons. The normalized spacial score (nSPS) is 20.9. The number of nitro benzene ring substituents is 1. The Balaban J connectivity index is 1.23. The van der Waals surface area contributed by atoms with Crippen LogP contribution in [0.15, 0.2) is 102 Å². The number of thiazole rings is 1. The summed E-state index contributed by atoms with van der Waals surface area (Å²) in [6.07, 6.45) is 1.51. The quantitative estimate of drug-likeness (QED) is 0.107. The minimum absolute atomic E-state index is 0.0359. The Morgan fingerprint density at radius 1 is 0.920 bits per heavy atom. The molecule has 5 aromatic rings. The van der Waals surface area contributed by atoms with Crippen molar-refractivity contribution in [3.63, 3.8) is 0 Å². The second-order valence-electron chi connectivity index (χ2n) is 14.2. The van der Waals surface area contributed by atoms with Crippen LogP contribution in [0.3, 0.4) is 0 Å². The van der Waals surface area contributed by atoms with Crippen LogP contribution in [0.25, 0.3) is 10.2 Å². The first kappa shape index (κ1) is 33.0. The van der Waals surface area contributed by atoms with E-state index in [4.69, 9.17) is 14.1 Å². The predicted molar refractivity (Wildman–Crippen MR) is 198 cm³/mol. The Bertz CT molecular complexity index is 2150. The summed E-state index contributed by atoms with van der Waals surface area (Å²) in [5.74, 6) is 0.842. The number of para-hydroxylation sites is 1. The van der Waals surface area contributed by atoms with Gasteiger partial charge < -0.3 is 14.1 Å². The molecule has 3 aliphatic rings. The molecule has 0 amide bonds. The lowest BCUT2D eigenvalue weighted by atomic mass is 10.1. The number of hydrogen-bond acceptors (Lipinski definition) is 9. The van der Waals surface area contributed by atoms with Gasteiger partial charge in [0.2, 0.25) is 0 Å². The van der Waals surface area contributed by atoms with Crippen molar-refractivity contribution < 1.29 is 22.5 Å². The molecule has 10 nitrogen and oxygen atoms in total. The molecular weight excluding hydrogens is 689 g/mol. The summed E-state index contributed by atoms with van der Waals surface area (Å²) < 4.78 is 44.9. The number of fused-ring (bicyclic) bond motifs is 4. The SMILES string of the molecule is CC(C)(C)[Si](O[C@H]1C[C@@H]2[C@H](C1)N(c1nc3c4c(ccc3s1)OCC4)CN2S(=O)(=O)c1ccccc1[N+](=O)[O-])(c1ccccc1)c1ccccc1. The third-order valence-electron chi connectivity index (χ3n) is 10.4. The van der Waals surface area contributed by atoms with Crippen LogP contribution in [0.4, 0.5) is 10.8 Å². The van der Waals surface area contributed by atoms with E-state index in [0.29, 0.717) is 19.4 Å². The van der Waals surface area contributed by atoms with Crippen LogP contribution in [0.1, 0.15) is 39.2 Å². The average molecular weight is 727 g/mol. The van der Waals surface area contributed by atoms with E-state index < -0.39 is 35.0 Å². The van der Waals surface area contributed by atoms with Crippen LogP contribution >= 0.6 is 11.3 Å². The van der Waals surface area contributed by atoms with Crippen LogP contribution in [-0.4, -0.2) is 62.4 Å². The predicted octanol–water partition coefficient (Wildman–Crippen LogP) is 6.08. The van der Waals surface area contributed by atoms with Gasteiger partial charge in [0.05, 0.1) is 40.5 Å². The van der Waals surface area contributed by atoms with Gasteiger partial charge in [0.25, 0.3) is 24.0 Å². The number of nitrogens with zero attached hydrogens (tertiary/aromatic N) is 4. The van der Waals surface area contributed by atoms with E-state index in [9.17, 15) is 18.5 Å². The van der Waals surface area contributed by atoms with Gasteiger partial charge in [-0.2, -0.15) is 4.31 Å². The van der Waals surface area contributed by atoms with Gasteiger partial charge >= 0.3 is 0 Å². The summed E-state index contributed by atoms with van der Waals surface area (Å²) >= 11 is 1.54. The van der Waals surface area contributed by atoms with Crippen LogP contribution in [0.2, 0.25) is 5.04 Å². The van der Waals surface area contributed by atoms with E-state index in [2.05, 4.69) is 74.2 Å². The zero-order valence-corrected chi connectivity index (χ0v) is 30.7. The maximum Gasteiger partial charge on any atom is 0.289 e. The van der Waals surface area contributed by atoms with Crippen molar-refractivity contribution in [3.05, 3.63) is 113 Å². The summed E-state index contributed by atoms with van der Waals surface area (Å²) in [7, 11) is -7.25. The molecule has 1 aliphatic carbocycles. The number of benzene rings is 4. The second kappa shape index (κ2) is 12.3. The fraction of sp³-hybridized carbons (Fsp3) is 0.324. The van der Waals surface area contributed by atoms with Crippen LogP contribution in [0.5, 0.6) is 5.75 Å². The lowest BCUT2D eigenvalue weighted by Gasteiger charge is -2.45. The zero-order valence-electron chi connectivity index (χ0n) is 28.1. The van der Waals surface area contributed by atoms with Crippen LogP contribution in [-0.2, 0) is 20.9 Å². The molecule has 0 N–H and O–H groups in total. The molecule has 13 heteroatoms. The monoisotopic (exact) mass is 726 g/mol. The van der Waals surface area contributed by atoms with Crippen molar-refractivity contribution >= 4 is 61.1 Å². The largest absolute Gasteiger partial charge is 0.493 e. The van der Waals surface area contributed by atoms with Gasteiger partial charge in [-0.25, -0.2) is 13.4 Å². The maximum absolute atomic E-state index is 14.5. The number of aromatic nitrogens is 1. The first-order valence-corrected chi connectivity index (χ1v) is 21.0. The molecule has 3 atom stereocenters. The fourth-order valence-corrected chi connectivity index (χ4v) is 15.7. The topological polar surface area (TPSA) is 115 Å². The molecular formula is C37H38N4O6S2Si. The Morgan fingerprint density at radius 3 is 2.22 bits per heavy atom. The lowest BCUT2D eigenvalue weighted by molar-refractivity contribution is -0.387. The van der Waals surface area contributed by atoms with Gasteiger partial charge in [-0.1, -0.05) is 105 Å². The number of sulfonamides is 1. The number of ether oxygens (including phenoxy) is 1. The number of rotatable bonds is 8. The van der Waals surface area contributed by atoms with Gasteiger partial charge in [-0.3, -0.25) is 10.1 Å². The molecule has 0 bridgehead atoms. The van der Waals surface area contributed by atoms with Crippen molar-refractivity contribution in [2.24, 2.45) is 0 Å². The second-order valence-corrected chi connectivity index (χ2v) is 21.3. The Morgan fingerprint density at radius 2 is 1.56 bits per heavy atom. The molecule has 258 valence electrons. The summed E-state index contributed by atoms with van der Waals surface area (Å²) in [6, 6.07) is 29.7. The number of anilines is 1. The van der Waals surface area contributed by atoms with Gasteiger partial charge in [0.1, 0.15) is 5.75 Å². The summed E-state index contributed by atoms with van der Waals surface area (Å²) in [4.78, 5) is 18.3. The van der Waals surface area contributed by atoms with E-state index in [-0.39, 0.29) is 28.7 Å². The molecule has 2 fully saturated rings. The van der Waals surface area contributed by atoms with Crippen molar-refractivity contribution in [1.29, 1.82) is 0 Å². The summed E-state index contributed by atoms with van der Waals surface area (Å²) in [5, 5.41) is 14.8. The number of hydrogen-bond donors (Lipinski definition) is 0. The highest BCUT2D eigenvalue weighted by Crippen LogP contribution is 2.47. The highest BCUT2D eigenvalue weighted by molar-refractivity contribution is 7.89. The summed E-state index contributed by atoms with van der Waals surface area (Å²) in [5.41, 5.74) is 1.52. The standard InChI is InChI=1S/C37H38N4O6S2Si/c1-37(2,3)50(26-12-6-4-7-13-26,27-14-8-5-9-15-27)47-25-22-30-31(23-25)40(49(44,45)34-17-11-10-16-29(34)41(42)43)24-39(30)36-38-35-28-20-21-46-32(28)18-19-33(35)48-36/h4-19,25,30-31H,20-24H2,1-3H3/t25-,30+,31-/m1/s1. The van der Waals surface area contributed by atoms with Crippen LogP contribution in [0, 0.1) is 10.1 Å². The Labute approximate surface area is 296 Å². The minimum atomic E-state index is -4.29. The molecule has 2 aliphatic heterocycles. The van der Waals surface area contributed by atoms with Crippen molar-refractivity contribution in [2.75, 3.05) is 18.2 Å². The molecule has 1 saturated carbocycles. The highest BCUT2D eigenvalue weighted by Gasteiger charge is 2.57. The first-order chi connectivity index (χ1) is 24.0. The molecule has 0 spiro atoms. The molecule has 1 saturated heterocycles. The summed E-state index contributed by atoms with van der Waals surface area (Å²) in [6.45, 7) is 7.34. The van der Waals surface area contributed by atoms with E-state index >= 15 is 0 Å². The third kappa shape index (κ3) is 5.25. The van der Waals surface area contributed by atoms with E-state index in [1.807, 2.05) is 24.3 Å². The lowest BCUT2D eigenvalue weighted by Crippen LogP contribution is -2.67. The van der Waals surface area contributed by atoms with Crippen molar-refractivity contribution in [2.45, 2.75) is 68.2 Å². The highest BCUT2D eigenvalue weighted by atomic mass is 32.2. The maximum atomic E-state index is 14.5. The van der Waals surface area contributed by atoms with Gasteiger partial charge in [0, 0.05) is 24.2 Å². The molecule has 0 unspecified atom stereocenters. The van der Waals surface area contributed by atoms with E-state index in [1.165, 1.54) is 39.9 Å². The molecule has 50 heavy (non-hydrogen) atoms. The number of nitro groups is 1. The molecule has 1 aromatic heterocycles. The average Bonchev–Trinajstić information content (AvgIpc) is 3.90. The van der Waals surface area contributed by atoms with E-state index in [1.54, 1.807) is 0 Å². The first-order valence-electron chi connectivity index (χ1n) is 16.8. The fourth-order valence-electron chi connectivity index (χ4n) is 8.18. The van der Waals surface area contributed by atoms with Gasteiger partial charge in [-0.05, 0) is 46.5 Å². The molecule has 4 aromatic carbocycles. The molecule has 8 rings (SSSR count). The van der Waals surface area contributed by atoms with E-state index in [0.717, 1.165) is 43.5 Å². The molecule has 3 heterocycles. The van der Waals surface area contributed by atoms with Gasteiger partial charge in [-0.15, -0.1) is 0 Å². The Hall–Kier alpha value is -4.14. The minimum Gasteiger partial charge on any atom is -0.493 e. The van der Waals surface area contributed by atoms with Crippen molar-refractivity contribution in [1.82, 2.24) is 9.29 Å². The Kier molecular flexibility index (Phi) is 8.10. The third-order valence-corrected chi connectivity index (χ3v) is 18.4. The smallest absolute Gasteiger partial charge is 0.289 e. The van der Waals surface area contributed by atoms with Crippen LogP contribution < -0.4 is 20.0 Å². The van der Waals surface area contributed by atoms with Gasteiger partial charge in [0.15, 0.2) is 10.0 Å². The zero-order chi connectivity index (χ0) is 34.8.